The van der Waals surface area contributed by atoms with Gasteiger partial charge in [0, 0.05) is 17.1 Å². The first kappa shape index (κ1) is 13.0. The molecule has 1 heterocycles. The number of furan rings is 1. The smallest absolute Gasteiger partial charge is 0.124 e. The van der Waals surface area contributed by atoms with E-state index < -0.39 is 0 Å². The number of halogens is 1. The fourth-order valence-electron chi connectivity index (χ4n) is 1.76. The molecule has 0 aliphatic carbocycles. The molecule has 4 heteroatoms. The van der Waals surface area contributed by atoms with E-state index in [4.69, 9.17) is 20.8 Å². The van der Waals surface area contributed by atoms with Crippen LogP contribution in [0.25, 0.3) is 0 Å². The molecule has 0 fully saturated rings. The molecular formula is C14H16ClNO2. The fourth-order valence-corrected chi connectivity index (χ4v) is 1.93. The quantitative estimate of drug-likeness (QED) is 0.898. The van der Waals surface area contributed by atoms with Crippen LogP contribution in [-0.4, -0.2) is 7.11 Å². The van der Waals surface area contributed by atoms with Crippen molar-refractivity contribution in [1.82, 2.24) is 5.32 Å². The van der Waals surface area contributed by atoms with Gasteiger partial charge in [-0.05, 0) is 31.2 Å². The number of hydrogen-bond donors (Lipinski definition) is 1. The van der Waals surface area contributed by atoms with Gasteiger partial charge >= 0.3 is 0 Å². The summed E-state index contributed by atoms with van der Waals surface area (Å²) in [4.78, 5) is 0. The van der Waals surface area contributed by atoms with Gasteiger partial charge in [0.25, 0.3) is 0 Å². The second-order valence-electron chi connectivity index (χ2n) is 4.07. The normalized spacial score (nSPS) is 10.6. The van der Waals surface area contributed by atoms with Crippen molar-refractivity contribution in [3.63, 3.8) is 0 Å². The topological polar surface area (TPSA) is 34.4 Å². The molecule has 0 spiro atoms. The molecular weight excluding hydrogens is 250 g/mol. The van der Waals surface area contributed by atoms with Crippen molar-refractivity contribution in [2.45, 2.75) is 20.0 Å². The zero-order valence-corrected chi connectivity index (χ0v) is 11.3. The Morgan fingerprint density at radius 1 is 1.22 bits per heavy atom. The summed E-state index contributed by atoms with van der Waals surface area (Å²) in [6.07, 6.45) is 0. The van der Waals surface area contributed by atoms with Crippen LogP contribution in [0.2, 0.25) is 5.02 Å². The Kier molecular flexibility index (Phi) is 4.28. The molecule has 18 heavy (non-hydrogen) atoms. The predicted octanol–water partition coefficient (Wildman–Crippen LogP) is 3.54. The summed E-state index contributed by atoms with van der Waals surface area (Å²) < 4.78 is 10.8. The van der Waals surface area contributed by atoms with Gasteiger partial charge in [-0.2, -0.15) is 0 Å². The average molecular weight is 266 g/mol. The minimum absolute atomic E-state index is 0.678. The standard InChI is InChI=1S/C14H16ClNO2/c1-10-3-6-13(18-10)9-16-8-11-4-5-12(15)7-14(11)17-2/h3-7,16H,8-9H2,1-2H3. The van der Waals surface area contributed by atoms with Crippen LogP contribution in [0.15, 0.2) is 34.7 Å². The Bertz CT molecular complexity index is 522. The van der Waals surface area contributed by atoms with Crippen LogP contribution < -0.4 is 10.1 Å². The number of benzene rings is 1. The SMILES string of the molecule is COc1cc(Cl)ccc1CNCc1ccc(C)o1. The molecule has 0 atom stereocenters. The maximum atomic E-state index is 5.91. The third-order valence-electron chi connectivity index (χ3n) is 2.66. The molecule has 0 radical (unpaired) electrons. The Labute approximate surface area is 112 Å². The summed E-state index contributed by atoms with van der Waals surface area (Å²) in [5, 5.41) is 3.99. The molecule has 0 bridgehead atoms. The van der Waals surface area contributed by atoms with E-state index in [0.717, 1.165) is 22.8 Å². The van der Waals surface area contributed by atoms with Crippen molar-refractivity contribution in [2.75, 3.05) is 7.11 Å². The van der Waals surface area contributed by atoms with Crippen molar-refractivity contribution in [2.24, 2.45) is 0 Å². The third kappa shape index (κ3) is 3.28. The first-order valence-electron chi connectivity index (χ1n) is 5.77. The molecule has 0 saturated carbocycles. The van der Waals surface area contributed by atoms with Crippen LogP contribution in [0.3, 0.4) is 0 Å². The van der Waals surface area contributed by atoms with E-state index in [1.54, 1.807) is 7.11 Å². The maximum Gasteiger partial charge on any atom is 0.124 e. The molecule has 3 nitrogen and oxygen atoms in total. The van der Waals surface area contributed by atoms with E-state index >= 15 is 0 Å². The monoisotopic (exact) mass is 265 g/mol. The Morgan fingerprint density at radius 3 is 2.72 bits per heavy atom. The lowest BCUT2D eigenvalue weighted by Gasteiger charge is -2.09. The molecule has 0 aliphatic heterocycles. The number of rotatable bonds is 5. The molecule has 0 saturated heterocycles. The highest BCUT2D eigenvalue weighted by Gasteiger charge is 2.04. The molecule has 1 aromatic carbocycles. The van der Waals surface area contributed by atoms with Crippen molar-refractivity contribution in [3.05, 3.63) is 52.4 Å². The molecule has 0 unspecified atom stereocenters. The van der Waals surface area contributed by atoms with Crippen LogP contribution in [0.1, 0.15) is 17.1 Å². The highest BCUT2D eigenvalue weighted by atomic mass is 35.5. The van der Waals surface area contributed by atoms with Gasteiger partial charge in [-0.25, -0.2) is 0 Å². The third-order valence-corrected chi connectivity index (χ3v) is 2.89. The van der Waals surface area contributed by atoms with Crippen LogP contribution >= 0.6 is 11.6 Å². The van der Waals surface area contributed by atoms with Gasteiger partial charge in [0.15, 0.2) is 0 Å². The number of aryl methyl sites for hydroxylation is 1. The Morgan fingerprint density at radius 2 is 2.06 bits per heavy atom. The summed E-state index contributed by atoms with van der Waals surface area (Å²) >= 11 is 5.91. The summed E-state index contributed by atoms with van der Waals surface area (Å²) in [6.45, 7) is 3.34. The number of nitrogens with one attached hydrogen (secondary N) is 1. The van der Waals surface area contributed by atoms with E-state index in [1.165, 1.54) is 0 Å². The Hall–Kier alpha value is -1.45. The first-order valence-corrected chi connectivity index (χ1v) is 6.15. The molecule has 1 N–H and O–H groups in total. The zero-order chi connectivity index (χ0) is 13.0. The van der Waals surface area contributed by atoms with Crippen molar-refractivity contribution in [1.29, 1.82) is 0 Å². The van der Waals surface area contributed by atoms with Gasteiger partial charge < -0.3 is 14.5 Å². The zero-order valence-electron chi connectivity index (χ0n) is 10.5. The van der Waals surface area contributed by atoms with Crippen LogP contribution in [0.4, 0.5) is 0 Å². The van der Waals surface area contributed by atoms with Gasteiger partial charge in [0.1, 0.15) is 17.3 Å². The molecule has 96 valence electrons. The van der Waals surface area contributed by atoms with E-state index in [0.29, 0.717) is 18.1 Å². The maximum absolute atomic E-state index is 5.91. The van der Waals surface area contributed by atoms with Crippen LogP contribution in [-0.2, 0) is 13.1 Å². The highest BCUT2D eigenvalue weighted by Crippen LogP contribution is 2.22. The number of hydrogen-bond acceptors (Lipinski definition) is 3. The second-order valence-corrected chi connectivity index (χ2v) is 4.51. The number of ether oxygens (including phenoxy) is 1. The second kappa shape index (κ2) is 5.94. The highest BCUT2D eigenvalue weighted by molar-refractivity contribution is 6.30. The van der Waals surface area contributed by atoms with Crippen LogP contribution in [0.5, 0.6) is 5.75 Å². The largest absolute Gasteiger partial charge is 0.496 e. The van der Waals surface area contributed by atoms with Gasteiger partial charge in [-0.15, -0.1) is 0 Å². The summed E-state index contributed by atoms with van der Waals surface area (Å²) in [5.74, 6) is 2.65. The minimum Gasteiger partial charge on any atom is -0.496 e. The predicted molar refractivity (Wildman–Crippen MR) is 72.0 cm³/mol. The van der Waals surface area contributed by atoms with E-state index in [1.807, 2.05) is 37.3 Å². The summed E-state index contributed by atoms with van der Waals surface area (Å²) in [7, 11) is 1.64. The van der Waals surface area contributed by atoms with Gasteiger partial charge in [0.05, 0.1) is 13.7 Å². The minimum atomic E-state index is 0.678. The number of methoxy groups -OCH3 is 1. The summed E-state index contributed by atoms with van der Waals surface area (Å²) in [6, 6.07) is 9.57. The molecule has 2 rings (SSSR count). The molecule has 0 aliphatic rings. The van der Waals surface area contributed by atoms with E-state index in [9.17, 15) is 0 Å². The van der Waals surface area contributed by atoms with Gasteiger partial charge in [-0.3, -0.25) is 0 Å². The first-order chi connectivity index (χ1) is 8.69. The van der Waals surface area contributed by atoms with Gasteiger partial charge in [0.2, 0.25) is 0 Å². The van der Waals surface area contributed by atoms with E-state index in [-0.39, 0.29) is 0 Å². The molecule has 2 aromatic rings. The van der Waals surface area contributed by atoms with Crippen molar-refractivity contribution >= 4 is 11.6 Å². The lowest BCUT2D eigenvalue weighted by molar-refractivity contribution is 0.406. The van der Waals surface area contributed by atoms with E-state index in [2.05, 4.69) is 5.32 Å². The van der Waals surface area contributed by atoms with Crippen molar-refractivity contribution < 1.29 is 9.15 Å². The average Bonchev–Trinajstić information content (AvgIpc) is 2.77. The van der Waals surface area contributed by atoms with Gasteiger partial charge in [-0.1, -0.05) is 17.7 Å². The molecule has 0 amide bonds. The Balaban J connectivity index is 1.94. The van der Waals surface area contributed by atoms with Crippen LogP contribution in [0, 0.1) is 6.92 Å². The molecule has 1 aromatic heterocycles. The summed E-state index contributed by atoms with van der Waals surface area (Å²) in [5.41, 5.74) is 1.07. The lowest BCUT2D eigenvalue weighted by atomic mass is 10.2. The fraction of sp³-hybridized carbons (Fsp3) is 0.286. The van der Waals surface area contributed by atoms with Crippen molar-refractivity contribution in [3.8, 4) is 5.75 Å². The lowest BCUT2D eigenvalue weighted by Crippen LogP contribution is -2.12.